The normalized spacial score (nSPS) is 11.6. The summed E-state index contributed by atoms with van der Waals surface area (Å²) in [6, 6.07) is 52.4. The fourth-order valence-corrected chi connectivity index (χ4v) is 6.39. The van der Waals surface area contributed by atoms with Crippen molar-refractivity contribution in [2.45, 2.75) is 0 Å². The van der Waals surface area contributed by atoms with Crippen molar-refractivity contribution in [3.05, 3.63) is 152 Å². The van der Waals surface area contributed by atoms with Gasteiger partial charge in [-0.3, -0.25) is 0 Å². The molecule has 3 aromatic heterocycles. The highest BCUT2D eigenvalue weighted by atomic mass is 16.3. The molecule has 0 spiro atoms. The molecule has 0 atom stereocenters. The zero-order chi connectivity index (χ0) is 29.0. The molecule has 0 saturated heterocycles. The van der Waals surface area contributed by atoms with Crippen LogP contribution in [0.1, 0.15) is 0 Å². The number of aromatic nitrogens is 3. The van der Waals surface area contributed by atoms with Crippen molar-refractivity contribution >= 4 is 43.7 Å². The number of benzene rings is 6. The van der Waals surface area contributed by atoms with E-state index in [4.69, 9.17) is 14.4 Å². The molecule has 3 heterocycles. The minimum Gasteiger partial charge on any atom is -0.456 e. The van der Waals surface area contributed by atoms with Crippen molar-refractivity contribution in [1.82, 2.24) is 14.5 Å². The van der Waals surface area contributed by atoms with Gasteiger partial charge in [-0.25, -0.2) is 9.97 Å². The maximum absolute atomic E-state index is 6.45. The summed E-state index contributed by atoms with van der Waals surface area (Å²) in [6.07, 6.45) is 0. The van der Waals surface area contributed by atoms with E-state index in [9.17, 15) is 0 Å². The van der Waals surface area contributed by atoms with Crippen molar-refractivity contribution in [2.24, 2.45) is 0 Å². The molecule has 0 aliphatic rings. The molecule has 6 aromatic carbocycles. The molecule has 0 aliphatic carbocycles. The zero-order valence-corrected chi connectivity index (χ0v) is 23.7. The van der Waals surface area contributed by atoms with Crippen LogP contribution in [0.15, 0.2) is 156 Å². The molecule has 0 amide bonds. The fourth-order valence-electron chi connectivity index (χ4n) is 6.39. The van der Waals surface area contributed by atoms with Crippen LogP contribution in [0.25, 0.3) is 83.3 Å². The summed E-state index contributed by atoms with van der Waals surface area (Å²) >= 11 is 0. The molecule has 4 heteroatoms. The van der Waals surface area contributed by atoms with Gasteiger partial charge in [0.05, 0.1) is 28.1 Å². The predicted octanol–water partition coefficient (Wildman–Crippen LogP) is 10.5. The standard InChI is InChI=1S/C40H25N3O/c1-3-13-26(14-4-1)33-24-34(42-40(41-33)27-15-5-2-6-16-27)32-23-31-30-19-9-12-22-38(30)44-39(31)25-37(32)43-35-20-10-7-17-28(35)29-18-8-11-21-36(29)43/h1-25H. The number of fused-ring (bicyclic) bond motifs is 6. The topological polar surface area (TPSA) is 43.9 Å². The van der Waals surface area contributed by atoms with E-state index in [1.165, 1.54) is 10.8 Å². The maximum atomic E-state index is 6.45. The van der Waals surface area contributed by atoms with Gasteiger partial charge in [-0.15, -0.1) is 0 Å². The van der Waals surface area contributed by atoms with Crippen LogP contribution in [0.3, 0.4) is 0 Å². The second kappa shape index (κ2) is 9.79. The van der Waals surface area contributed by atoms with E-state index in [1.54, 1.807) is 0 Å². The first-order valence-corrected chi connectivity index (χ1v) is 14.8. The molecule has 0 unspecified atom stereocenters. The minimum atomic E-state index is 0.687. The number of para-hydroxylation sites is 3. The lowest BCUT2D eigenvalue weighted by Gasteiger charge is -2.16. The number of hydrogen-bond donors (Lipinski definition) is 0. The number of rotatable bonds is 4. The van der Waals surface area contributed by atoms with Crippen LogP contribution in [0.2, 0.25) is 0 Å². The van der Waals surface area contributed by atoms with E-state index >= 15 is 0 Å². The molecule has 4 nitrogen and oxygen atoms in total. The van der Waals surface area contributed by atoms with E-state index in [1.807, 2.05) is 48.5 Å². The van der Waals surface area contributed by atoms with E-state index in [2.05, 4.69) is 108 Å². The molecule has 0 aliphatic heterocycles. The van der Waals surface area contributed by atoms with Gasteiger partial charge in [-0.2, -0.15) is 0 Å². The second-order valence-electron chi connectivity index (χ2n) is 11.0. The van der Waals surface area contributed by atoms with Gasteiger partial charge in [0.25, 0.3) is 0 Å². The van der Waals surface area contributed by atoms with E-state index in [0.29, 0.717) is 5.82 Å². The molecular formula is C40H25N3O. The summed E-state index contributed by atoms with van der Waals surface area (Å²) in [6.45, 7) is 0. The van der Waals surface area contributed by atoms with Crippen molar-refractivity contribution < 1.29 is 4.42 Å². The van der Waals surface area contributed by atoms with Gasteiger partial charge >= 0.3 is 0 Å². The summed E-state index contributed by atoms with van der Waals surface area (Å²) in [5.74, 6) is 0.687. The second-order valence-corrected chi connectivity index (χ2v) is 11.0. The molecule has 206 valence electrons. The first kappa shape index (κ1) is 24.6. The lowest BCUT2D eigenvalue weighted by Crippen LogP contribution is -2.01. The predicted molar refractivity (Wildman–Crippen MR) is 180 cm³/mol. The Kier molecular flexibility index (Phi) is 5.47. The largest absolute Gasteiger partial charge is 0.456 e. The number of nitrogens with zero attached hydrogens (tertiary/aromatic N) is 3. The Bertz CT molecular complexity index is 2380. The van der Waals surface area contributed by atoms with Crippen LogP contribution in [0.4, 0.5) is 0 Å². The fraction of sp³-hybridized carbons (Fsp3) is 0. The Morgan fingerprint density at radius 1 is 0.432 bits per heavy atom. The van der Waals surface area contributed by atoms with Crippen LogP contribution < -0.4 is 0 Å². The third kappa shape index (κ3) is 3.85. The average molecular weight is 564 g/mol. The van der Waals surface area contributed by atoms with Gasteiger partial charge < -0.3 is 8.98 Å². The number of hydrogen-bond acceptors (Lipinski definition) is 3. The van der Waals surface area contributed by atoms with Gasteiger partial charge in [0, 0.05) is 44.3 Å². The maximum Gasteiger partial charge on any atom is 0.160 e. The lowest BCUT2D eigenvalue weighted by atomic mass is 10.0. The van der Waals surface area contributed by atoms with Gasteiger partial charge in [0.2, 0.25) is 0 Å². The first-order valence-electron chi connectivity index (χ1n) is 14.8. The Morgan fingerprint density at radius 3 is 1.70 bits per heavy atom. The van der Waals surface area contributed by atoms with Crippen molar-refractivity contribution in [1.29, 1.82) is 0 Å². The minimum absolute atomic E-state index is 0.687. The molecule has 0 fully saturated rings. The summed E-state index contributed by atoms with van der Waals surface area (Å²) in [7, 11) is 0. The van der Waals surface area contributed by atoms with Crippen molar-refractivity contribution in [3.63, 3.8) is 0 Å². The molecule has 0 N–H and O–H groups in total. The Morgan fingerprint density at radius 2 is 1.00 bits per heavy atom. The highest BCUT2D eigenvalue weighted by Crippen LogP contribution is 2.41. The first-order chi connectivity index (χ1) is 21.8. The Labute approximate surface area is 253 Å². The van der Waals surface area contributed by atoms with Crippen LogP contribution in [-0.4, -0.2) is 14.5 Å². The molecular weight excluding hydrogens is 538 g/mol. The van der Waals surface area contributed by atoms with E-state index in [0.717, 1.165) is 66.7 Å². The van der Waals surface area contributed by atoms with Crippen LogP contribution in [0, 0.1) is 0 Å². The molecule has 0 bridgehead atoms. The van der Waals surface area contributed by atoms with E-state index in [-0.39, 0.29) is 0 Å². The van der Waals surface area contributed by atoms with Gasteiger partial charge in [0.15, 0.2) is 5.82 Å². The van der Waals surface area contributed by atoms with Crippen LogP contribution in [-0.2, 0) is 0 Å². The molecule has 9 rings (SSSR count). The van der Waals surface area contributed by atoms with Crippen LogP contribution >= 0.6 is 0 Å². The Balaban J connectivity index is 1.42. The Hall–Kier alpha value is -6.00. The molecule has 0 radical (unpaired) electrons. The van der Waals surface area contributed by atoms with Gasteiger partial charge in [-0.1, -0.05) is 115 Å². The highest BCUT2D eigenvalue weighted by Gasteiger charge is 2.21. The van der Waals surface area contributed by atoms with Crippen molar-refractivity contribution in [3.8, 4) is 39.6 Å². The lowest BCUT2D eigenvalue weighted by molar-refractivity contribution is 0.668. The van der Waals surface area contributed by atoms with E-state index < -0.39 is 0 Å². The summed E-state index contributed by atoms with van der Waals surface area (Å²) in [4.78, 5) is 10.3. The molecule has 44 heavy (non-hydrogen) atoms. The average Bonchev–Trinajstić information content (AvgIpc) is 3.63. The van der Waals surface area contributed by atoms with Gasteiger partial charge in [0.1, 0.15) is 11.2 Å². The summed E-state index contributed by atoms with van der Waals surface area (Å²) < 4.78 is 8.79. The third-order valence-corrected chi connectivity index (χ3v) is 8.42. The van der Waals surface area contributed by atoms with Gasteiger partial charge in [-0.05, 0) is 30.3 Å². The van der Waals surface area contributed by atoms with Crippen molar-refractivity contribution in [2.75, 3.05) is 0 Å². The number of furan rings is 1. The molecule has 0 saturated carbocycles. The zero-order valence-electron chi connectivity index (χ0n) is 23.7. The molecule has 9 aromatic rings. The quantitative estimate of drug-likeness (QED) is 0.214. The smallest absolute Gasteiger partial charge is 0.160 e. The highest BCUT2D eigenvalue weighted by molar-refractivity contribution is 6.12. The third-order valence-electron chi connectivity index (χ3n) is 8.42. The SMILES string of the molecule is c1ccc(-c2cc(-c3cc4c(cc3-n3c5ccccc5c5ccccc53)oc3ccccc34)nc(-c3ccccc3)n2)cc1. The van der Waals surface area contributed by atoms with Crippen LogP contribution in [0.5, 0.6) is 0 Å². The monoisotopic (exact) mass is 563 g/mol. The summed E-state index contributed by atoms with van der Waals surface area (Å²) in [5, 5.41) is 4.55. The summed E-state index contributed by atoms with van der Waals surface area (Å²) in [5.41, 5.74) is 9.72.